The third kappa shape index (κ3) is 6.33. The Kier molecular flexibility index (Phi) is 13.6. The molecule has 0 spiro atoms. The van der Waals surface area contributed by atoms with E-state index in [-0.39, 0.29) is 0 Å². The molecule has 0 N–H and O–H groups in total. The molecule has 0 fully saturated rings. The van der Waals surface area contributed by atoms with Gasteiger partial charge < -0.3 is 74.4 Å². The van der Waals surface area contributed by atoms with Crippen LogP contribution in [0.1, 0.15) is 111 Å². The maximum absolute atomic E-state index is 2.71. The highest BCUT2D eigenvalue weighted by Gasteiger charge is 2.35. The molecule has 368 valence electrons. The Morgan fingerprint density at radius 2 is 0.303 bits per heavy atom. The molecule has 66 heavy (non-hydrogen) atoms. The SMILES string of the molecule is CCN1CCN(CC)c2c1n(CC)c1c(n2CC)n(CC)c2c(n1CC)n(CC)c1c(n2CC)n(CC)c2c(n(CC)c3c(n(CC)c4c(n3CC)N(CC)CCN4CC)n2CC)n1CC. The van der Waals surface area contributed by atoms with Gasteiger partial charge in [-0.1, -0.05) is 0 Å². The molecule has 8 rings (SSSR count). The molecular weight excluding hydrogens is 825 g/mol. The molecule has 6 aromatic rings. The minimum atomic E-state index is 0.835. The fourth-order valence-corrected chi connectivity index (χ4v) is 12.5. The van der Waals surface area contributed by atoms with E-state index in [1.54, 1.807) is 0 Å². The van der Waals surface area contributed by atoms with Crippen LogP contribution in [0.2, 0.25) is 0 Å². The molecule has 2 aliphatic heterocycles. The molecule has 0 aliphatic carbocycles. The Hall–Kier alpha value is -5.02. The summed E-state index contributed by atoms with van der Waals surface area (Å²) in [6.45, 7) is 56.1. The van der Waals surface area contributed by atoms with Crippen molar-refractivity contribution in [3.05, 3.63) is 0 Å². The Morgan fingerprint density at radius 3 is 0.409 bits per heavy atom. The van der Waals surface area contributed by atoms with E-state index >= 15 is 0 Å². The fraction of sp³-hybridized carbons (Fsp3) is 0.720. The fourth-order valence-electron chi connectivity index (χ4n) is 12.5. The van der Waals surface area contributed by atoms with E-state index in [0.29, 0.717) is 0 Å². The molecule has 0 bridgehead atoms. The van der Waals surface area contributed by atoms with Gasteiger partial charge in [0.1, 0.15) is 0 Å². The van der Waals surface area contributed by atoms with Crippen LogP contribution in [-0.4, -0.2) is 107 Å². The van der Waals surface area contributed by atoms with Crippen molar-refractivity contribution in [2.75, 3.05) is 72.0 Å². The molecule has 0 amide bonds. The van der Waals surface area contributed by atoms with Crippen LogP contribution >= 0.6 is 0 Å². The van der Waals surface area contributed by atoms with E-state index in [2.05, 4.69) is 185 Å². The summed E-state index contributed by atoms with van der Waals surface area (Å²) in [4.78, 5) is 10.5. The van der Waals surface area contributed by atoms with Crippen LogP contribution in [0.25, 0.3) is 56.5 Å². The van der Waals surface area contributed by atoms with Gasteiger partial charge in [-0.2, -0.15) is 0 Å². The van der Waals surface area contributed by atoms with E-state index in [1.165, 1.54) is 79.7 Å². The Morgan fingerprint density at radius 1 is 0.182 bits per heavy atom. The van der Waals surface area contributed by atoms with Crippen molar-refractivity contribution in [3.63, 3.8) is 0 Å². The summed E-state index contributed by atoms with van der Waals surface area (Å²) in [5.41, 5.74) is 12.9. The quantitative estimate of drug-likeness (QED) is 0.0908. The van der Waals surface area contributed by atoms with E-state index in [0.717, 1.165) is 131 Å². The van der Waals surface area contributed by atoms with E-state index in [9.17, 15) is 0 Å². The summed E-state index contributed by atoms with van der Waals surface area (Å²) in [6, 6.07) is 0. The average Bonchev–Trinajstić information content (AvgIpc) is 3.35. The number of rotatable bonds is 16. The maximum atomic E-state index is 2.71. The summed E-state index contributed by atoms with van der Waals surface area (Å²) in [5, 5.41) is 0. The second-order valence-electron chi connectivity index (χ2n) is 17.8. The molecule has 16 nitrogen and oxygen atoms in total. The Labute approximate surface area is 394 Å². The first-order valence-corrected chi connectivity index (χ1v) is 26.6. The standard InChI is InChI=1S/C50H88N16/c1-17-51-33-34-52(18-2)38-37(51)55(21-5)41-42(56(38)22-6)60(26-10)46-45(59(41)25-9)63(29-13)49-50(64(46)30-14)66(32-16)48-47(65(49)31-15)61(27-11)43-44(62(48)28-12)58(24-8)40-39(57(43)23-7)53(19-3)35-36-54(40)20-4/h17-36H2,1-16H3. The lowest BCUT2D eigenvalue weighted by Gasteiger charge is -2.43. The average molecular weight is 913 g/mol. The summed E-state index contributed by atoms with van der Waals surface area (Å²) < 4.78 is 32.3. The van der Waals surface area contributed by atoms with Crippen LogP contribution in [0.15, 0.2) is 0 Å². The van der Waals surface area contributed by atoms with Crippen molar-refractivity contribution in [1.82, 2.24) is 54.8 Å². The van der Waals surface area contributed by atoms with Crippen LogP contribution in [-0.2, 0) is 78.5 Å². The highest BCUT2D eigenvalue weighted by molar-refractivity contribution is 5.94. The number of aryl methyl sites for hydroxylation is 12. The van der Waals surface area contributed by atoms with Crippen LogP contribution in [0, 0.1) is 0 Å². The molecule has 6 aromatic heterocycles. The number of aromatic nitrogens is 12. The molecule has 2 aliphatic rings. The number of hydrogen-bond acceptors (Lipinski definition) is 4. The molecular formula is C50H88N16. The van der Waals surface area contributed by atoms with Gasteiger partial charge in [-0.3, -0.25) is 0 Å². The summed E-state index contributed by atoms with van der Waals surface area (Å²) in [7, 11) is 0. The molecule has 0 unspecified atom stereocenters. The van der Waals surface area contributed by atoms with Crippen molar-refractivity contribution in [2.45, 2.75) is 189 Å². The van der Waals surface area contributed by atoms with E-state index < -0.39 is 0 Å². The van der Waals surface area contributed by atoms with Gasteiger partial charge in [0.25, 0.3) is 0 Å². The van der Waals surface area contributed by atoms with Crippen molar-refractivity contribution in [2.24, 2.45) is 0 Å². The van der Waals surface area contributed by atoms with Crippen LogP contribution < -0.4 is 19.6 Å². The van der Waals surface area contributed by atoms with Crippen molar-refractivity contribution in [1.29, 1.82) is 0 Å². The first-order chi connectivity index (χ1) is 32.1. The molecule has 16 heteroatoms. The lowest BCUT2D eigenvalue weighted by Crippen LogP contribution is -2.45. The summed E-state index contributed by atoms with van der Waals surface area (Å²) >= 11 is 0. The van der Waals surface area contributed by atoms with Crippen molar-refractivity contribution in [3.8, 4) is 0 Å². The molecule has 0 saturated heterocycles. The third-order valence-electron chi connectivity index (χ3n) is 15.3. The number of likely N-dealkylation sites (N-methyl/N-ethyl adjacent to an activating group) is 4. The van der Waals surface area contributed by atoms with Crippen LogP contribution in [0.5, 0.6) is 0 Å². The lowest BCUT2D eigenvalue weighted by molar-refractivity contribution is 0.576. The summed E-state index contributed by atoms with van der Waals surface area (Å²) in [5.74, 6) is 5.43. The summed E-state index contributed by atoms with van der Waals surface area (Å²) in [6.07, 6.45) is 0. The molecule has 0 atom stereocenters. The number of nitrogens with zero attached hydrogens (tertiary/aromatic N) is 16. The lowest BCUT2D eigenvalue weighted by atomic mass is 10.2. The number of anilines is 4. The topological polar surface area (TPSA) is 72.1 Å². The molecule has 0 radical (unpaired) electrons. The van der Waals surface area contributed by atoms with Gasteiger partial charge in [-0.15, -0.1) is 0 Å². The molecule has 0 aromatic carbocycles. The first kappa shape index (κ1) is 47.5. The predicted octanol–water partition coefficient (Wildman–Crippen LogP) is 10.0. The number of hydrogen-bond donors (Lipinski definition) is 0. The highest BCUT2D eigenvalue weighted by Crippen LogP contribution is 2.42. The largest absolute Gasteiger partial charge is 0.353 e. The van der Waals surface area contributed by atoms with E-state index in [1.807, 2.05) is 0 Å². The normalized spacial score (nSPS) is 14.4. The van der Waals surface area contributed by atoms with Gasteiger partial charge >= 0.3 is 0 Å². The van der Waals surface area contributed by atoms with Gasteiger partial charge in [-0.05, 0) is 111 Å². The second-order valence-corrected chi connectivity index (χ2v) is 17.8. The minimum Gasteiger partial charge on any atom is -0.353 e. The highest BCUT2D eigenvalue weighted by atomic mass is 15.4. The van der Waals surface area contributed by atoms with Crippen LogP contribution in [0.3, 0.4) is 0 Å². The Balaban J connectivity index is 1.76. The zero-order valence-electron chi connectivity index (χ0n) is 44.3. The monoisotopic (exact) mass is 913 g/mol. The van der Waals surface area contributed by atoms with Gasteiger partial charge in [0.2, 0.25) is 0 Å². The van der Waals surface area contributed by atoms with Gasteiger partial charge in [0.05, 0.1) is 0 Å². The first-order valence-electron chi connectivity index (χ1n) is 26.6. The Bertz CT molecular complexity index is 2510. The molecule has 8 heterocycles. The zero-order chi connectivity index (χ0) is 47.5. The van der Waals surface area contributed by atoms with Crippen LogP contribution in [0.4, 0.5) is 23.3 Å². The molecule has 0 saturated carbocycles. The van der Waals surface area contributed by atoms with Gasteiger partial charge in [0.15, 0.2) is 79.7 Å². The number of fused-ring (bicyclic) bond motifs is 7. The predicted molar refractivity (Wildman–Crippen MR) is 282 cm³/mol. The van der Waals surface area contributed by atoms with E-state index in [4.69, 9.17) is 0 Å². The van der Waals surface area contributed by atoms with Gasteiger partial charge in [-0.25, -0.2) is 0 Å². The van der Waals surface area contributed by atoms with Crippen molar-refractivity contribution < 1.29 is 0 Å². The smallest absolute Gasteiger partial charge is 0.158 e. The van der Waals surface area contributed by atoms with Gasteiger partial charge in [0, 0.05) is 131 Å². The zero-order valence-corrected chi connectivity index (χ0v) is 44.3. The third-order valence-corrected chi connectivity index (χ3v) is 15.3. The maximum Gasteiger partial charge on any atom is 0.158 e. The minimum absolute atomic E-state index is 0.835. The van der Waals surface area contributed by atoms with Crippen molar-refractivity contribution >= 4 is 79.7 Å². The second kappa shape index (κ2) is 18.9.